The van der Waals surface area contributed by atoms with Crippen LogP contribution in [0.1, 0.15) is 16.7 Å². The molecule has 0 aliphatic carbocycles. The summed E-state index contributed by atoms with van der Waals surface area (Å²) in [5, 5.41) is 5.42. The summed E-state index contributed by atoms with van der Waals surface area (Å²) >= 11 is 1.32. The van der Waals surface area contributed by atoms with Crippen LogP contribution in [0.2, 0.25) is 0 Å². The third-order valence-electron chi connectivity index (χ3n) is 4.95. The minimum atomic E-state index is -0.175. The number of nitrogens with one attached hydrogen (secondary N) is 1. The maximum absolute atomic E-state index is 12.6. The number of thioether (sulfide) groups is 1. The van der Waals surface area contributed by atoms with Gasteiger partial charge in [0.1, 0.15) is 11.5 Å². The highest BCUT2D eigenvalue weighted by molar-refractivity contribution is 8.18. The first-order chi connectivity index (χ1) is 14.5. The van der Waals surface area contributed by atoms with E-state index < -0.39 is 0 Å². The Morgan fingerprint density at radius 3 is 2.53 bits per heavy atom. The number of fused-ring (bicyclic) bond motifs is 1. The van der Waals surface area contributed by atoms with E-state index in [1.807, 2.05) is 62.4 Å². The number of hydrogen-bond acceptors (Lipinski definition) is 5. The molecular formula is C24H22N2O3S. The second-order valence-corrected chi connectivity index (χ2v) is 8.07. The first-order valence-corrected chi connectivity index (χ1v) is 10.3. The van der Waals surface area contributed by atoms with Crippen molar-refractivity contribution in [2.24, 2.45) is 4.99 Å². The second kappa shape index (κ2) is 8.24. The van der Waals surface area contributed by atoms with Gasteiger partial charge in [-0.05, 0) is 72.3 Å². The summed E-state index contributed by atoms with van der Waals surface area (Å²) in [5.74, 6) is 1.26. The van der Waals surface area contributed by atoms with Crippen molar-refractivity contribution in [1.82, 2.24) is 5.32 Å². The van der Waals surface area contributed by atoms with Crippen LogP contribution in [0.5, 0.6) is 11.5 Å². The number of methoxy groups -OCH3 is 2. The Bertz CT molecular complexity index is 1210. The predicted molar refractivity (Wildman–Crippen MR) is 124 cm³/mol. The largest absolute Gasteiger partial charge is 0.497 e. The molecule has 0 spiro atoms. The molecule has 5 nitrogen and oxygen atoms in total. The van der Waals surface area contributed by atoms with E-state index in [1.54, 1.807) is 14.2 Å². The van der Waals surface area contributed by atoms with E-state index in [1.165, 1.54) is 17.3 Å². The lowest BCUT2D eigenvalue weighted by Gasteiger charge is -2.10. The van der Waals surface area contributed by atoms with Gasteiger partial charge in [-0.2, -0.15) is 0 Å². The quantitative estimate of drug-likeness (QED) is 0.579. The fourth-order valence-electron chi connectivity index (χ4n) is 3.41. The monoisotopic (exact) mass is 418 g/mol. The minimum absolute atomic E-state index is 0.175. The number of amidine groups is 1. The average molecular weight is 419 g/mol. The van der Waals surface area contributed by atoms with Crippen molar-refractivity contribution in [1.29, 1.82) is 0 Å². The number of amides is 1. The smallest absolute Gasteiger partial charge is 0.264 e. The maximum atomic E-state index is 12.6. The van der Waals surface area contributed by atoms with Gasteiger partial charge in [-0.1, -0.05) is 29.8 Å². The number of hydrogen-bond donors (Lipinski definition) is 1. The lowest BCUT2D eigenvalue weighted by Crippen LogP contribution is -2.19. The van der Waals surface area contributed by atoms with Crippen LogP contribution in [0, 0.1) is 13.8 Å². The molecule has 1 saturated heterocycles. The Balaban J connectivity index is 1.75. The van der Waals surface area contributed by atoms with Gasteiger partial charge in [0.2, 0.25) is 0 Å². The van der Waals surface area contributed by atoms with Gasteiger partial charge in [0, 0.05) is 5.56 Å². The van der Waals surface area contributed by atoms with Crippen LogP contribution in [0.4, 0.5) is 5.69 Å². The van der Waals surface area contributed by atoms with Crippen molar-refractivity contribution in [3.05, 3.63) is 70.1 Å². The third kappa shape index (κ3) is 3.91. The highest BCUT2D eigenvalue weighted by atomic mass is 32.2. The molecule has 0 bridgehead atoms. The van der Waals surface area contributed by atoms with Gasteiger partial charge in [-0.25, -0.2) is 4.99 Å². The number of nitrogens with zero attached hydrogens (tertiary/aromatic N) is 1. The molecule has 1 heterocycles. The number of rotatable bonds is 4. The third-order valence-corrected chi connectivity index (χ3v) is 5.86. The molecule has 1 aliphatic heterocycles. The van der Waals surface area contributed by atoms with Crippen LogP contribution in [-0.2, 0) is 4.79 Å². The van der Waals surface area contributed by atoms with Crippen molar-refractivity contribution < 1.29 is 14.3 Å². The second-order valence-electron chi connectivity index (χ2n) is 7.04. The van der Waals surface area contributed by atoms with E-state index in [-0.39, 0.29) is 5.91 Å². The van der Waals surface area contributed by atoms with Crippen molar-refractivity contribution in [2.45, 2.75) is 13.8 Å². The molecule has 1 aliphatic rings. The van der Waals surface area contributed by atoms with Gasteiger partial charge in [0.25, 0.3) is 5.91 Å². The van der Waals surface area contributed by atoms with Crippen molar-refractivity contribution in [3.63, 3.8) is 0 Å². The molecule has 0 atom stereocenters. The number of carbonyl (C=O) groups excluding carboxylic acids is 1. The molecule has 1 amide bonds. The molecule has 0 aromatic heterocycles. The van der Waals surface area contributed by atoms with Gasteiger partial charge in [0.05, 0.1) is 24.8 Å². The summed E-state index contributed by atoms with van der Waals surface area (Å²) in [6, 6.07) is 15.8. The van der Waals surface area contributed by atoms with Gasteiger partial charge in [0.15, 0.2) is 5.17 Å². The van der Waals surface area contributed by atoms with E-state index in [9.17, 15) is 4.79 Å². The van der Waals surface area contributed by atoms with Crippen LogP contribution >= 0.6 is 11.8 Å². The van der Waals surface area contributed by atoms with Crippen molar-refractivity contribution in [2.75, 3.05) is 14.2 Å². The predicted octanol–water partition coefficient (Wildman–Crippen LogP) is 5.37. The molecule has 6 heteroatoms. The fraction of sp³-hybridized carbons (Fsp3) is 0.167. The number of aryl methyl sites for hydroxylation is 2. The molecule has 0 unspecified atom stereocenters. The minimum Gasteiger partial charge on any atom is -0.497 e. The molecule has 3 aromatic rings. The first kappa shape index (κ1) is 20.0. The molecule has 3 aromatic carbocycles. The number of carbonyl (C=O) groups is 1. The highest BCUT2D eigenvalue weighted by Crippen LogP contribution is 2.36. The summed E-state index contributed by atoms with van der Waals surface area (Å²) in [5.41, 5.74) is 3.92. The number of aliphatic imine (C=N–C) groups is 1. The summed E-state index contributed by atoms with van der Waals surface area (Å²) in [6.45, 7) is 4.06. The lowest BCUT2D eigenvalue weighted by atomic mass is 10.0. The Hall–Kier alpha value is -3.25. The van der Waals surface area contributed by atoms with Crippen LogP contribution < -0.4 is 14.8 Å². The molecular weight excluding hydrogens is 396 g/mol. The zero-order valence-corrected chi connectivity index (χ0v) is 18.1. The topological polar surface area (TPSA) is 59.9 Å². The molecule has 0 radical (unpaired) electrons. The summed E-state index contributed by atoms with van der Waals surface area (Å²) < 4.78 is 10.9. The average Bonchev–Trinajstić information content (AvgIpc) is 3.08. The Morgan fingerprint density at radius 2 is 1.80 bits per heavy atom. The number of ether oxygens (including phenoxy) is 2. The molecule has 0 saturated carbocycles. The maximum Gasteiger partial charge on any atom is 0.264 e. The standard InChI is InChI=1S/C24H22N2O3S/c1-14-5-9-20(15(2)11-14)25-24-26-23(27)22(30-24)13-19-18-12-17(28-3)8-6-16(18)7-10-21(19)29-4/h5-13H,1-4H3,(H,25,26,27)/b22-13+. The fourth-order valence-corrected chi connectivity index (χ4v) is 4.22. The van der Waals surface area contributed by atoms with Gasteiger partial charge >= 0.3 is 0 Å². The molecule has 1 fully saturated rings. The van der Waals surface area contributed by atoms with Crippen molar-refractivity contribution >= 4 is 45.4 Å². The molecule has 152 valence electrons. The zero-order valence-electron chi connectivity index (χ0n) is 17.3. The number of benzene rings is 3. The Labute approximate surface area is 179 Å². The van der Waals surface area contributed by atoms with Crippen molar-refractivity contribution in [3.8, 4) is 11.5 Å². The molecule has 1 N–H and O–H groups in total. The van der Waals surface area contributed by atoms with E-state index in [2.05, 4.69) is 16.4 Å². The van der Waals surface area contributed by atoms with Gasteiger partial charge in [-0.15, -0.1) is 0 Å². The van der Waals surface area contributed by atoms with Gasteiger partial charge in [-0.3, -0.25) is 4.79 Å². The van der Waals surface area contributed by atoms with Crippen LogP contribution in [0.3, 0.4) is 0 Å². The molecule has 4 rings (SSSR count). The summed E-state index contributed by atoms with van der Waals surface area (Å²) in [4.78, 5) is 17.8. The van der Waals surface area contributed by atoms with Crippen LogP contribution in [0.25, 0.3) is 16.8 Å². The van der Waals surface area contributed by atoms with Gasteiger partial charge < -0.3 is 14.8 Å². The normalized spacial score (nSPS) is 16.3. The lowest BCUT2D eigenvalue weighted by molar-refractivity contribution is -0.115. The van der Waals surface area contributed by atoms with E-state index in [4.69, 9.17) is 9.47 Å². The van der Waals surface area contributed by atoms with E-state index >= 15 is 0 Å². The van der Waals surface area contributed by atoms with E-state index in [0.29, 0.717) is 15.8 Å². The SMILES string of the molecule is COc1ccc2ccc(OC)c(/C=C3/SC(=Nc4ccc(C)cc4C)NC3=O)c2c1. The highest BCUT2D eigenvalue weighted by Gasteiger charge is 2.25. The van der Waals surface area contributed by atoms with Crippen LogP contribution in [-0.4, -0.2) is 25.3 Å². The Kier molecular flexibility index (Phi) is 5.50. The summed E-state index contributed by atoms with van der Waals surface area (Å²) in [6.07, 6.45) is 1.85. The molecule has 30 heavy (non-hydrogen) atoms. The Morgan fingerprint density at radius 1 is 1.00 bits per heavy atom. The summed E-state index contributed by atoms with van der Waals surface area (Å²) in [7, 11) is 3.26. The zero-order chi connectivity index (χ0) is 21.3. The first-order valence-electron chi connectivity index (χ1n) is 9.50. The van der Waals surface area contributed by atoms with E-state index in [0.717, 1.165) is 33.3 Å². The van der Waals surface area contributed by atoms with Crippen LogP contribution in [0.15, 0.2) is 58.4 Å².